The molecule has 1 rings (SSSR count). The van der Waals surface area contributed by atoms with E-state index in [1.54, 1.807) is 0 Å². The van der Waals surface area contributed by atoms with Crippen LogP contribution in [0.5, 0.6) is 0 Å². The third-order valence-electron chi connectivity index (χ3n) is 2.34. The van der Waals surface area contributed by atoms with Crippen molar-refractivity contribution in [1.82, 2.24) is 4.31 Å². The Morgan fingerprint density at radius 3 is 2.56 bits per heavy atom. The van der Waals surface area contributed by atoms with Crippen LogP contribution in [0.2, 0.25) is 0 Å². The Hall–Kier alpha value is 0.310. The third kappa shape index (κ3) is 1.62. The van der Waals surface area contributed by atoms with Crippen LogP contribution in [0.3, 0.4) is 0 Å². The molecule has 0 amide bonds. The zero-order valence-electron chi connectivity index (χ0n) is 6.17. The molecule has 0 saturated carbocycles. The molecule has 1 saturated heterocycles. The maximum absolute atomic E-state index is 4.35. The van der Waals surface area contributed by atoms with Gasteiger partial charge in [-0.1, -0.05) is 19.7 Å². The van der Waals surface area contributed by atoms with Crippen LogP contribution in [-0.2, 0) is 0 Å². The van der Waals surface area contributed by atoms with E-state index in [4.69, 9.17) is 0 Å². The lowest BCUT2D eigenvalue weighted by molar-refractivity contribution is 0.221. The summed E-state index contributed by atoms with van der Waals surface area (Å²) in [4.78, 5) is 0. The van der Waals surface area contributed by atoms with Crippen LogP contribution in [0.4, 0.5) is 0 Å². The minimum atomic E-state index is 0.669. The van der Waals surface area contributed by atoms with Gasteiger partial charge in [0.1, 0.15) is 0 Å². The van der Waals surface area contributed by atoms with Gasteiger partial charge < -0.3 is 0 Å². The van der Waals surface area contributed by atoms with Crippen LogP contribution in [0.1, 0.15) is 26.7 Å². The topological polar surface area (TPSA) is 3.24 Å². The van der Waals surface area contributed by atoms with Gasteiger partial charge in [-0.05, 0) is 25.7 Å². The largest absolute Gasteiger partial charge is 0.250 e. The van der Waals surface area contributed by atoms with Crippen LogP contribution in [0, 0.1) is 5.92 Å². The lowest BCUT2D eigenvalue weighted by Crippen LogP contribution is -2.35. The zero-order valence-corrected chi connectivity index (χ0v) is 7.06. The summed E-state index contributed by atoms with van der Waals surface area (Å²) in [5.41, 5.74) is 0. The molecule has 0 aromatic carbocycles. The average Bonchev–Trinajstić information content (AvgIpc) is 1.83. The normalized spacial score (nSPS) is 39.0. The van der Waals surface area contributed by atoms with E-state index >= 15 is 0 Å². The Bertz CT molecular complexity index is 84.9. The van der Waals surface area contributed by atoms with E-state index in [0.29, 0.717) is 6.04 Å². The molecule has 1 aliphatic heterocycles. The van der Waals surface area contributed by atoms with E-state index < -0.39 is 0 Å². The Labute approximate surface area is 63.0 Å². The molecule has 1 heterocycles. The van der Waals surface area contributed by atoms with Crippen molar-refractivity contribution in [3.05, 3.63) is 0 Å². The minimum Gasteiger partial charge on any atom is -0.250 e. The second-order valence-electron chi connectivity index (χ2n) is 3.02. The van der Waals surface area contributed by atoms with Crippen molar-refractivity contribution in [3.63, 3.8) is 0 Å². The van der Waals surface area contributed by atoms with Gasteiger partial charge in [-0.15, -0.1) is 0 Å². The summed E-state index contributed by atoms with van der Waals surface area (Å²) in [6.07, 6.45) is 2.69. The molecule has 2 atom stereocenters. The van der Waals surface area contributed by atoms with Crippen molar-refractivity contribution in [3.8, 4) is 0 Å². The monoisotopic (exact) mass is 145 g/mol. The predicted molar refractivity (Wildman–Crippen MR) is 43.6 cm³/mol. The van der Waals surface area contributed by atoms with Crippen LogP contribution < -0.4 is 0 Å². The lowest BCUT2D eigenvalue weighted by atomic mass is 9.94. The van der Waals surface area contributed by atoms with Gasteiger partial charge in [0.05, 0.1) is 0 Å². The Balaban J connectivity index is 2.41. The maximum Gasteiger partial charge on any atom is 0.0197 e. The van der Waals surface area contributed by atoms with Gasteiger partial charge in [0, 0.05) is 12.6 Å². The van der Waals surface area contributed by atoms with Gasteiger partial charge >= 0.3 is 0 Å². The lowest BCUT2D eigenvalue weighted by Gasteiger charge is -2.33. The van der Waals surface area contributed by atoms with E-state index in [1.165, 1.54) is 12.8 Å². The zero-order chi connectivity index (χ0) is 6.85. The number of hydrogen-bond acceptors (Lipinski definition) is 2. The molecule has 0 aromatic rings. The Kier molecular flexibility index (Phi) is 2.42. The fraction of sp³-hybridized carbons (Fsp3) is 1.00. The summed E-state index contributed by atoms with van der Waals surface area (Å²) in [5.74, 6) is 0.830. The summed E-state index contributed by atoms with van der Waals surface area (Å²) in [5, 5.41) is 0. The molecule has 1 fully saturated rings. The standard InChI is InChI=1S/C7H15NS/c1-6-4-3-5-8(9)7(6)2/h6-7,9H,3-5H2,1-2H3. The fourth-order valence-electron chi connectivity index (χ4n) is 1.31. The highest BCUT2D eigenvalue weighted by atomic mass is 32.1. The SMILES string of the molecule is CC1CCCN(S)C1C. The van der Waals surface area contributed by atoms with Crippen LogP contribution >= 0.6 is 12.8 Å². The van der Waals surface area contributed by atoms with Gasteiger partial charge in [-0.2, -0.15) is 0 Å². The molecule has 0 bridgehead atoms. The van der Waals surface area contributed by atoms with Crippen LogP contribution in [-0.4, -0.2) is 16.9 Å². The Morgan fingerprint density at radius 2 is 2.11 bits per heavy atom. The summed E-state index contributed by atoms with van der Waals surface area (Å²) in [6.45, 7) is 5.71. The molecule has 2 heteroatoms. The van der Waals surface area contributed by atoms with Crippen molar-refractivity contribution in [2.45, 2.75) is 32.7 Å². The van der Waals surface area contributed by atoms with Crippen molar-refractivity contribution in [2.75, 3.05) is 6.54 Å². The number of nitrogens with zero attached hydrogens (tertiary/aromatic N) is 1. The number of thiol groups is 1. The van der Waals surface area contributed by atoms with E-state index in [-0.39, 0.29) is 0 Å². The number of piperidine rings is 1. The first-order chi connectivity index (χ1) is 4.22. The highest BCUT2D eigenvalue weighted by molar-refractivity contribution is 7.77. The first kappa shape index (κ1) is 7.42. The first-order valence-electron chi connectivity index (χ1n) is 3.67. The second-order valence-corrected chi connectivity index (χ2v) is 3.54. The second kappa shape index (κ2) is 2.93. The number of hydrogen-bond donors (Lipinski definition) is 1. The summed E-state index contributed by atoms with van der Waals surface area (Å²) in [7, 11) is 0. The van der Waals surface area contributed by atoms with E-state index in [9.17, 15) is 0 Å². The predicted octanol–water partition coefficient (Wildman–Crippen LogP) is 1.95. The van der Waals surface area contributed by atoms with Crippen LogP contribution in [0.15, 0.2) is 0 Å². The minimum absolute atomic E-state index is 0.669. The Morgan fingerprint density at radius 1 is 1.44 bits per heavy atom. The molecule has 0 aromatic heterocycles. The van der Waals surface area contributed by atoms with Gasteiger partial charge in [0.15, 0.2) is 0 Å². The maximum atomic E-state index is 4.35. The fourth-order valence-corrected chi connectivity index (χ4v) is 1.68. The molecule has 54 valence electrons. The van der Waals surface area contributed by atoms with Gasteiger partial charge in [-0.25, -0.2) is 0 Å². The smallest absolute Gasteiger partial charge is 0.0197 e. The molecule has 9 heavy (non-hydrogen) atoms. The van der Waals surface area contributed by atoms with E-state index in [2.05, 4.69) is 31.0 Å². The first-order valence-corrected chi connectivity index (χ1v) is 4.07. The molecule has 1 nitrogen and oxygen atoms in total. The van der Waals surface area contributed by atoms with Gasteiger partial charge in [-0.3, -0.25) is 4.31 Å². The van der Waals surface area contributed by atoms with Crippen molar-refractivity contribution in [1.29, 1.82) is 0 Å². The summed E-state index contributed by atoms with van der Waals surface area (Å²) in [6, 6.07) is 0.669. The highest BCUT2D eigenvalue weighted by Gasteiger charge is 2.21. The van der Waals surface area contributed by atoms with E-state index in [1.807, 2.05) is 0 Å². The summed E-state index contributed by atoms with van der Waals surface area (Å²) < 4.78 is 2.15. The van der Waals surface area contributed by atoms with Gasteiger partial charge in [0.25, 0.3) is 0 Å². The molecule has 0 radical (unpaired) electrons. The molecule has 0 N–H and O–H groups in total. The average molecular weight is 145 g/mol. The van der Waals surface area contributed by atoms with Crippen molar-refractivity contribution in [2.24, 2.45) is 5.92 Å². The quantitative estimate of drug-likeness (QED) is 0.510. The molecule has 1 aliphatic rings. The summed E-state index contributed by atoms with van der Waals surface area (Å²) >= 11 is 4.35. The third-order valence-corrected chi connectivity index (χ3v) is 2.90. The molecular weight excluding hydrogens is 130 g/mol. The molecule has 2 unspecified atom stereocenters. The van der Waals surface area contributed by atoms with Crippen LogP contribution in [0.25, 0.3) is 0 Å². The van der Waals surface area contributed by atoms with Crippen molar-refractivity contribution < 1.29 is 0 Å². The molecule has 0 aliphatic carbocycles. The van der Waals surface area contributed by atoms with E-state index in [0.717, 1.165) is 12.5 Å². The number of rotatable bonds is 0. The van der Waals surface area contributed by atoms with Gasteiger partial charge in [0.2, 0.25) is 0 Å². The highest BCUT2D eigenvalue weighted by Crippen LogP contribution is 2.23. The van der Waals surface area contributed by atoms with Crippen molar-refractivity contribution >= 4 is 12.8 Å². The molecule has 0 spiro atoms. The molecular formula is C7H15NS.